The van der Waals surface area contributed by atoms with Crippen molar-refractivity contribution in [2.24, 2.45) is 5.92 Å². The van der Waals surface area contributed by atoms with E-state index in [0.717, 1.165) is 29.7 Å². The Morgan fingerprint density at radius 2 is 1.77 bits per heavy atom. The van der Waals surface area contributed by atoms with Gasteiger partial charge in [-0.1, -0.05) is 55.7 Å². The van der Waals surface area contributed by atoms with E-state index in [0.29, 0.717) is 24.9 Å². The topological polar surface area (TPSA) is 86.8 Å². The second kappa shape index (κ2) is 10.4. The SMILES string of the molecule is CN(C(=O)[C@@H](CC(=O)CN1C(=O)NC2(CCCCC2)C1=O)Cc1ccccc1)c1cccc(F)c1. The number of Topliss-reactive ketones (excluding diaryl/α,β-unsaturated/α-hetero) is 1. The molecule has 1 aliphatic heterocycles. The van der Waals surface area contributed by atoms with Crippen LogP contribution in [0, 0.1) is 11.7 Å². The Morgan fingerprint density at radius 3 is 2.46 bits per heavy atom. The number of ketones is 1. The molecule has 8 heteroatoms. The van der Waals surface area contributed by atoms with Crippen molar-refractivity contribution < 1.29 is 23.6 Å². The highest BCUT2D eigenvalue weighted by molar-refractivity contribution is 6.09. The van der Waals surface area contributed by atoms with Crippen LogP contribution in [0.4, 0.5) is 14.9 Å². The predicted octanol–water partition coefficient (Wildman–Crippen LogP) is 3.86. The molecule has 4 amide bonds. The van der Waals surface area contributed by atoms with Gasteiger partial charge in [0.05, 0.1) is 6.54 Å². The summed E-state index contributed by atoms with van der Waals surface area (Å²) in [5.74, 6) is -2.26. The molecule has 1 saturated carbocycles. The van der Waals surface area contributed by atoms with Crippen LogP contribution in [0.2, 0.25) is 0 Å². The van der Waals surface area contributed by atoms with Crippen LogP contribution in [-0.4, -0.2) is 47.7 Å². The molecule has 1 spiro atoms. The smallest absolute Gasteiger partial charge is 0.323 e. The number of carbonyl (C=O) groups excluding carboxylic acids is 4. The highest BCUT2D eigenvalue weighted by Gasteiger charge is 2.51. The zero-order chi connectivity index (χ0) is 25.0. The maximum atomic E-state index is 13.7. The van der Waals surface area contributed by atoms with Crippen molar-refractivity contribution in [3.8, 4) is 0 Å². The van der Waals surface area contributed by atoms with Gasteiger partial charge in [-0.15, -0.1) is 0 Å². The van der Waals surface area contributed by atoms with Gasteiger partial charge in [-0.05, 0) is 43.0 Å². The molecule has 4 rings (SSSR count). The molecule has 1 heterocycles. The third-order valence-electron chi connectivity index (χ3n) is 6.96. The Morgan fingerprint density at radius 1 is 1.06 bits per heavy atom. The number of rotatable bonds is 8. The molecule has 1 aliphatic carbocycles. The van der Waals surface area contributed by atoms with Crippen molar-refractivity contribution in [2.45, 2.75) is 50.5 Å². The van der Waals surface area contributed by atoms with Crippen molar-refractivity contribution in [3.05, 3.63) is 66.0 Å². The Hall–Kier alpha value is -3.55. The van der Waals surface area contributed by atoms with Crippen LogP contribution in [0.25, 0.3) is 0 Å². The lowest BCUT2D eigenvalue weighted by atomic mass is 9.81. The summed E-state index contributed by atoms with van der Waals surface area (Å²) in [5, 5.41) is 2.81. The van der Waals surface area contributed by atoms with Gasteiger partial charge in [0.1, 0.15) is 11.4 Å². The summed E-state index contributed by atoms with van der Waals surface area (Å²) in [4.78, 5) is 54.4. The molecule has 1 saturated heterocycles. The lowest BCUT2D eigenvalue weighted by Crippen LogP contribution is -2.48. The zero-order valence-electron chi connectivity index (χ0n) is 19.8. The molecule has 1 atom stereocenters. The van der Waals surface area contributed by atoms with E-state index in [1.807, 2.05) is 30.3 Å². The fourth-order valence-corrected chi connectivity index (χ4v) is 5.06. The summed E-state index contributed by atoms with van der Waals surface area (Å²) in [7, 11) is 1.55. The third kappa shape index (κ3) is 5.42. The number of urea groups is 1. The fraction of sp³-hybridized carbons (Fsp3) is 0.407. The van der Waals surface area contributed by atoms with E-state index in [2.05, 4.69) is 5.32 Å². The molecular formula is C27H30FN3O4. The van der Waals surface area contributed by atoms with Gasteiger partial charge in [-0.2, -0.15) is 0 Å². The highest BCUT2D eigenvalue weighted by atomic mass is 19.1. The van der Waals surface area contributed by atoms with Gasteiger partial charge >= 0.3 is 6.03 Å². The van der Waals surface area contributed by atoms with Gasteiger partial charge < -0.3 is 10.2 Å². The van der Waals surface area contributed by atoms with E-state index in [1.54, 1.807) is 13.1 Å². The molecule has 2 aromatic rings. The molecule has 35 heavy (non-hydrogen) atoms. The number of imide groups is 1. The predicted molar refractivity (Wildman–Crippen MR) is 129 cm³/mol. The first-order valence-electron chi connectivity index (χ1n) is 12.0. The number of benzene rings is 2. The lowest BCUT2D eigenvalue weighted by molar-refractivity contribution is -0.136. The summed E-state index contributed by atoms with van der Waals surface area (Å²) < 4.78 is 13.7. The number of hydrogen-bond acceptors (Lipinski definition) is 4. The molecule has 0 unspecified atom stereocenters. The van der Waals surface area contributed by atoms with Crippen LogP contribution in [0.5, 0.6) is 0 Å². The molecule has 1 N–H and O–H groups in total. The minimum absolute atomic E-state index is 0.141. The molecule has 2 aromatic carbocycles. The number of nitrogens with zero attached hydrogens (tertiary/aromatic N) is 2. The molecular weight excluding hydrogens is 449 g/mol. The minimum Gasteiger partial charge on any atom is -0.323 e. The van der Waals surface area contributed by atoms with Gasteiger partial charge in [-0.25, -0.2) is 9.18 Å². The Kier molecular flexibility index (Phi) is 7.28. The Labute approximate surface area is 204 Å². The second-order valence-corrected chi connectivity index (χ2v) is 9.47. The summed E-state index contributed by atoms with van der Waals surface area (Å²) in [6.45, 7) is -0.366. The summed E-state index contributed by atoms with van der Waals surface area (Å²) in [6, 6.07) is 14.5. The quantitative estimate of drug-likeness (QED) is 0.583. The molecule has 2 fully saturated rings. The average Bonchev–Trinajstić information content (AvgIpc) is 3.07. The maximum absolute atomic E-state index is 13.7. The van der Waals surface area contributed by atoms with Crippen LogP contribution >= 0.6 is 0 Å². The van der Waals surface area contributed by atoms with Gasteiger partial charge in [0.15, 0.2) is 5.78 Å². The number of halogens is 1. The average molecular weight is 480 g/mol. The van der Waals surface area contributed by atoms with Crippen LogP contribution in [-0.2, 0) is 20.8 Å². The lowest BCUT2D eigenvalue weighted by Gasteiger charge is -2.30. The first-order valence-corrected chi connectivity index (χ1v) is 12.0. The van der Waals surface area contributed by atoms with Crippen molar-refractivity contribution >= 4 is 29.3 Å². The van der Waals surface area contributed by atoms with E-state index >= 15 is 0 Å². The van der Waals surface area contributed by atoms with Gasteiger partial charge in [-0.3, -0.25) is 19.3 Å². The molecule has 184 valence electrons. The van der Waals surface area contributed by atoms with Crippen LogP contribution < -0.4 is 10.2 Å². The molecule has 0 bridgehead atoms. The highest BCUT2D eigenvalue weighted by Crippen LogP contribution is 2.33. The van der Waals surface area contributed by atoms with Crippen molar-refractivity contribution in [1.29, 1.82) is 0 Å². The number of hydrogen-bond donors (Lipinski definition) is 1. The van der Waals surface area contributed by atoms with Crippen molar-refractivity contribution in [1.82, 2.24) is 10.2 Å². The Bertz CT molecular complexity index is 1110. The fourth-order valence-electron chi connectivity index (χ4n) is 5.06. The summed E-state index contributed by atoms with van der Waals surface area (Å²) in [6.07, 6.45) is 4.05. The molecule has 0 radical (unpaired) electrons. The number of anilines is 1. The van der Waals surface area contributed by atoms with Gasteiger partial charge in [0, 0.05) is 25.1 Å². The van der Waals surface area contributed by atoms with Crippen LogP contribution in [0.3, 0.4) is 0 Å². The van der Waals surface area contributed by atoms with Gasteiger partial charge in [0.2, 0.25) is 5.91 Å². The van der Waals surface area contributed by atoms with Gasteiger partial charge in [0.25, 0.3) is 5.91 Å². The standard InChI is InChI=1S/C27H30FN3O4/c1-30(22-12-8-11-21(28)17-22)24(33)20(15-19-9-4-2-5-10-19)16-23(32)18-31-25(34)27(29-26(31)35)13-6-3-7-14-27/h2,4-5,8-12,17,20H,3,6-7,13-16,18H2,1H3,(H,29,35)/t20-/m1/s1. The normalized spacial score (nSPS) is 17.8. The largest absolute Gasteiger partial charge is 0.325 e. The van der Waals surface area contributed by atoms with Crippen molar-refractivity contribution in [3.63, 3.8) is 0 Å². The van der Waals surface area contributed by atoms with E-state index < -0.39 is 23.3 Å². The van der Waals surface area contributed by atoms with E-state index in [1.165, 1.54) is 23.1 Å². The number of amides is 4. The van der Waals surface area contributed by atoms with E-state index in [9.17, 15) is 23.6 Å². The zero-order valence-corrected chi connectivity index (χ0v) is 19.8. The minimum atomic E-state index is -0.896. The van der Waals surface area contributed by atoms with Crippen molar-refractivity contribution in [2.75, 3.05) is 18.5 Å². The molecule has 7 nitrogen and oxygen atoms in total. The first kappa shape index (κ1) is 24.6. The third-order valence-corrected chi connectivity index (χ3v) is 6.96. The monoisotopic (exact) mass is 479 g/mol. The first-order chi connectivity index (χ1) is 16.8. The summed E-state index contributed by atoms with van der Waals surface area (Å²) in [5.41, 5.74) is 0.364. The van der Waals surface area contributed by atoms with E-state index in [-0.39, 0.29) is 30.6 Å². The van der Waals surface area contributed by atoms with Crippen LogP contribution in [0.1, 0.15) is 44.1 Å². The summed E-state index contributed by atoms with van der Waals surface area (Å²) >= 11 is 0. The molecule has 2 aliphatic rings. The molecule has 0 aromatic heterocycles. The Balaban J connectivity index is 1.49. The van der Waals surface area contributed by atoms with Crippen LogP contribution in [0.15, 0.2) is 54.6 Å². The second-order valence-electron chi connectivity index (χ2n) is 9.47. The number of carbonyl (C=O) groups is 4. The number of nitrogens with one attached hydrogen (secondary N) is 1. The van der Waals surface area contributed by atoms with E-state index in [4.69, 9.17) is 0 Å². The maximum Gasteiger partial charge on any atom is 0.325 e.